The Hall–Kier alpha value is -1.34. The molecule has 26 heavy (non-hydrogen) atoms. The third-order valence-electron chi connectivity index (χ3n) is 5.04. The van der Waals surface area contributed by atoms with Crippen LogP contribution in [-0.2, 0) is 9.53 Å². The second-order valence-corrected chi connectivity index (χ2v) is 7.20. The fourth-order valence-corrected chi connectivity index (χ4v) is 3.58. The van der Waals surface area contributed by atoms with Crippen LogP contribution in [0, 0.1) is 5.92 Å². The third-order valence-corrected chi connectivity index (χ3v) is 5.04. The van der Waals surface area contributed by atoms with E-state index in [0.717, 1.165) is 58.3 Å². The first-order valence-electron chi connectivity index (χ1n) is 10.4. The van der Waals surface area contributed by atoms with Crippen molar-refractivity contribution in [2.45, 2.75) is 45.4 Å². The van der Waals surface area contributed by atoms with Crippen LogP contribution >= 0.6 is 0 Å². The molecule has 2 aliphatic rings. The van der Waals surface area contributed by atoms with Gasteiger partial charge < -0.3 is 20.7 Å². The van der Waals surface area contributed by atoms with E-state index in [9.17, 15) is 4.79 Å². The highest BCUT2D eigenvalue weighted by atomic mass is 16.5. The normalized spacial score (nSPS) is 19.5. The first-order chi connectivity index (χ1) is 12.8. The molecule has 0 aromatic heterocycles. The van der Waals surface area contributed by atoms with Gasteiger partial charge in [-0.15, -0.1) is 0 Å². The molecular formula is C19H37N5O2. The first kappa shape index (κ1) is 21.0. The Kier molecular flexibility index (Phi) is 10.4. The van der Waals surface area contributed by atoms with Crippen LogP contribution in [0.1, 0.15) is 45.4 Å². The quantitative estimate of drug-likeness (QED) is 0.305. The summed E-state index contributed by atoms with van der Waals surface area (Å²) in [5.41, 5.74) is 0. The van der Waals surface area contributed by atoms with Gasteiger partial charge in [0.25, 0.3) is 0 Å². The highest BCUT2D eigenvalue weighted by Gasteiger charge is 2.17. The zero-order valence-electron chi connectivity index (χ0n) is 16.4. The van der Waals surface area contributed by atoms with Crippen molar-refractivity contribution >= 4 is 11.9 Å². The monoisotopic (exact) mass is 367 g/mol. The molecule has 0 bridgehead atoms. The summed E-state index contributed by atoms with van der Waals surface area (Å²) in [7, 11) is 0. The van der Waals surface area contributed by atoms with E-state index < -0.39 is 0 Å². The van der Waals surface area contributed by atoms with Crippen LogP contribution in [0.25, 0.3) is 0 Å². The molecule has 0 aromatic carbocycles. The standard InChI is InChI=1S/C19H37N5O2/c1-2-20-19(22-8-5-11-24-12-14-26-15-13-24)23-10-9-21-18(25)16-17-6-3-4-7-17/h17H,2-16H2,1H3,(H,21,25)(H2,20,22,23). The fraction of sp³-hybridized carbons (Fsp3) is 0.895. The maximum atomic E-state index is 11.9. The average Bonchev–Trinajstić information content (AvgIpc) is 3.16. The van der Waals surface area contributed by atoms with Crippen LogP contribution in [0.5, 0.6) is 0 Å². The van der Waals surface area contributed by atoms with Gasteiger partial charge in [-0.3, -0.25) is 14.7 Å². The molecule has 0 spiro atoms. The molecule has 1 heterocycles. The molecule has 1 amide bonds. The van der Waals surface area contributed by atoms with Crippen LogP contribution in [0.3, 0.4) is 0 Å². The summed E-state index contributed by atoms with van der Waals surface area (Å²) in [6.07, 6.45) is 6.74. The van der Waals surface area contributed by atoms with Crippen LogP contribution in [0.15, 0.2) is 4.99 Å². The summed E-state index contributed by atoms with van der Waals surface area (Å²) in [4.78, 5) is 19.0. The van der Waals surface area contributed by atoms with E-state index in [4.69, 9.17) is 4.74 Å². The lowest BCUT2D eigenvalue weighted by Crippen LogP contribution is -2.42. The van der Waals surface area contributed by atoms with Crippen molar-refractivity contribution in [3.8, 4) is 0 Å². The van der Waals surface area contributed by atoms with Crippen molar-refractivity contribution in [1.29, 1.82) is 0 Å². The van der Waals surface area contributed by atoms with E-state index >= 15 is 0 Å². The van der Waals surface area contributed by atoms with E-state index in [1.165, 1.54) is 25.7 Å². The second-order valence-electron chi connectivity index (χ2n) is 7.20. The number of aliphatic imine (C=N–C) groups is 1. The van der Waals surface area contributed by atoms with E-state index in [2.05, 4.69) is 32.8 Å². The average molecular weight is 368 g/mol. The highest BCUT2D eigenvalue weighted by molar-refractivity contribution is 5.80. The van der Waals surface area contributed by atoms with Gasteiger partial charge in [0.15, 0.2) is 5.96 Å². The lowest BCUT2D eigenvalue weighted by molar-refractivity contribution is -0.121. The molecule has 3 N–H and O–H groups in total. The van der Waals surface area contributed by atoms with Crippen LogP contribution in [0.4, 0.5) is 0 Å². The Bertz CT molecular complexity index is 418. The fourth-order valence-electron chi connectivity index (χ4n) is 3.58. The number of morpholine rings is 1. The summed E-state index contributed by atoms with van der Waals surface area (Å²) >= 11 is 0. The Morgan fingerprint density at radius 1 is 1.12 bits per heavy atom. The van der Waals surface area contributed by atoms with E-state index in [-0.39, 0.29) is 5.91 Å². The van der Waals surface area contributed by atoms with E-state index in [1.807, 2.05) is 0 Å². The number of hydrogen-bond acceptors (Lipinski definition) is 4. The van der Waals surface area contributed by atoms with E-state index in [1.54, 1.807) is 0 Å². The number of nitrogens with one attached hydrogen (secondary N) is 3. The SMILES string of the molecule is CCNC(=NCCCN1CCOCC1)NCCNC(=O)CC1CCCC1. The van der Waals surface area contributed by atoms with Gasteiger partial charge in [-0.05, 0) is 32.1 Å². The molecule has 1 saturated heterocycles. The minimum atomic E-state index is 0.186. The number of ether oxygens (including phenoxy) is 1. The molecule has 1 aliphatic carbocycles. The topological polar surface area (TPSA) is 78.0 Å². The number of rotatable bonds is 10. The Morgan fingerprint density at radius 2 is 1.85 bits per heavy atom. The third kappa shape index (κ3) is 8.85. The maximum absolute atomic E-state index is 11.9. The van der Waals surface area contributed by atoms with Gasteiger partial charge in [0, 0.05) is 52.2 Å². The molecule has 2 fully saturated rings. The van der Waals surface area contributed by atoms with Crippen molar-refractivity contribution < 1.29 is 9.53 Å². The molecule has 1 saturated carbocycles. The second kappa shape index (κ2) is 12.9. The van der Waals surface area contributed by atoms with Gasteiger partial charge in [-0.1, -0.05) is 12.8 Å². The number of hydrogen-bond donors (Lipinski definition) is 3. The van der Waals surface area contributed by atoms with Gasteiger partial charge >= 0.3 is 0 Å². The van der Waals surface area contributed by atoms with Crippen molar-refractivity contribution in [3.63, 3.8) is 0 Å². The molecule has 0 radical (unpaired) electrons. The molecule has 150 valence electrons. The minimum absolute atomic E-state index is 0.186. The van der Waals surface area contributed by atoms with Gasteiger partial charge in [-0.25, -0.2) is 0 Å². The number of carbonyl (C=O) groups is 1. The number of carbonyl (C=O) groups excluding carboxylic acids is 1. The maximum Gasteiger partial charge on any atom is 0.220 e. The van der Waals surface area contributed by atoms with Crippen LogP contribution in [-0.4, -0.2) is 75.8 Å². The summed E-state index contributed by atoms with van der Waals surface area (Å²) < 4.78 is 5.37. The molecule has 1 aliphatic heterocycles. The van der Waals surface area contributed by atoms with Crippen molar-refractivity contribution in [2.75, 3.05) is 59.0 Å². The summed E-state index contributed by atoms with van der Waals surface area (Å²) in [6, 6.07) is 0. The molecule has 0 atom stereocenters. The van der Waals surface area contributed by atoms with Gasteiger partial charge in [0.05, 0.1) is 13.2 Å². The molecule has 0 unspecified atom stereocenters. The Balaban J connectivity index is 1.54. The molecule has 2 rings (SSSR count). The van der Waals surface area contributed by atoms with Crippen molar-refractivity contribution in [2.24, 2.45) is 10.9 Å². The van der Waals surface area contributed by atoms with Gasteiger partial charge in [-0.2, -0.15) is 0 Å². The number of nitrogens with zero attached hydrogens (tertiary/aromatic N) is 2. The van der Waals surface area contributed by atoms with Gasteiger partial charge in [0.1, 0.15) is 0 Å². The largest absolute Gasteiger partial charge is 0.379 e. The Morgan fingerprint density at radius 3 is 2.58 bits per heavy atom. The van der Waals surface area contributed by atoms with Gasteiger partial charge in [0.2, 0.25) is 5.91 Å². The molecular weight excluding hydrogens is 330 g/mol. The van der Waals surface area contributed by atoms with Crippen molar-refractivity contribution in [3.05, 3.63) is 0 Å². The van der Waals surface area contributed by atoms with Crippen LogP contribution in [0.2, 0.25) is 0 Å². The zero-order valence-corrected chi connectivity index (χ0v) is 16.4. The predicted molar refractivity (Wildman–Crippen MR) is 105 cm³/mol. The highest BCUT2D eigenvalue weighted by Crippen LogP contribution is 2.27. The number of amides is 1. The Labute approximate surface area is 158 Å². The lowest BCUT2D eigenvalue weighted by Gasteiger charge is -2.26. The molecule has 0 aromatic rings. The zero-order chi connectivity index (χ0) is 18.5. The van der Waals surface area contributed by atoms with Crippen molar-refractivity contribution in [1.82, 2.24) is 20.9 Å². The smallest absolute Gasteiger partial charge is 0.220 e. The minimum Gasteiger partial charge on any atom is -0.379 e. The number of guanidine groups is 1. The predicted octanol–water partition coefficient (Wildman–Crippen LogP) is 0.960. The first-order valence-corrected chi connectivity index (χ1v) is 10.4. The summed E-state index contributed by atoms with van der Waals surface area (Å²) in [5, 5.41) is 9.57. The van der Waals surface area contributed by atoms with E-state index in [0.29, 0.717) is 25.4 Å². The lowest BCUT2D eigenvalue weighted by atomic mass is 10.0. The summed E-state index contributed by atoms with van der Waals surface area (Å²) in [6.45, 7) is 9.88. The molecule has 7 nitrogen and oxygen atoms in total. The molecule has 7 heteroatoms. The van der Waals surface area contributed by atoms with Crippen LogP contribution < -0.4 is 16.0 Å². The summed E-state index contributed by atoms with van der Waals surface area (Å²) in [5.74, 6) is 1.62.